The zero-order chi connectivity index (χ0) is 12.6. The van der Waals surface area contributed by atoms with E-state index in [1.54, 1.807) is 0 Å². The number of hydrogen-bond donors (Lipinski definition) is 0. The third-order valence-corrected chi connectivity index (χ3v) is 1.27. The molecule has 0 N–H and O–H groups in total. The minimum absolute atomic E-state index is 0.477. The van der Waals surface area contributed by atoms with Gasteiger partial charge in [-0.05, 0) is 0 Å². The summed E-state index contributed by atoms with van der Waals surface area (Å²) >= 11 is 0. The van der Waals surface area contributed by atoms with Crippen LogP contribution >= 0.6 is 0 Å². The number of carbonyl (C=O) groups is 2. The van der Waals surface area contributed by atoms with Gasteiger partial charge in [-0.25, -0.2) is 17.6 Å². The maximum Gasteiger partial charge on any atom is 0.306 e. The van der Waals surface area contributed by atoms with Crippen LogP contribution in [0.1, 0.15) is 12.8 Å². The molecule has 0 amide bonds. The molecule has 0 aromatic heterocycles. The Morgan fingerprint density at radius 3 is 1.38 bits per heavy atom. The van der Waals surface area contributed by atoms with Gasteiger partial charge < -0.3 is 9.47 Å². The minimum atomic E-state index is -2.78. The van der Waals surface area contributed by atoms with E-state index in [0.29, 0.717) is 0 Å². The van der Waals surface area contributed by atoms with Crippen molar-refractivity contribution in [2.75, 3.05) is 13.2 Å². The molecule has 0 rings (SSSR count). The summed E-state index contributed by atoms with van der Waals surface area (Å²) in [5.74, 6) is -2.01. The molecule has 0 aliphatic carbocycles. The van der Waals surface area contributed by atoms with E-state index in [1.165, 1.54) is 0 Å². The van der Waals surface area contributed by atoms with E-state index in [1.807, 2.05) is 0 Å². The number of alkyl halides is 4. The Morgan fingerprint density at radius 2 is 1.12 bits per heavy atom. The molecule has 0 fully saturated rings. The Bertz CT molecular complexity index is 208. The molecule has 0 spiro atoms. The molecular formula is C8H10F4O4. The number of halogens is 4. The van der Waals surface area contributed by atoms with Gasteiger partial charge in [0.1, 0.15) is 0 Å². The third-order valence-electron chi connectivity index (χ3n) is 1.27. The van der Waals surface area contributed by atoms with E-state index in [4.69, 9.17) is 0 Å². The monoisotopic (exact) mass is 246 g/mol. The molecule has 0 heterocycles. The largest absolute Gasteiger partial charge is 0.460 e. The van der Waals surface area contributed by atoms with Gasteiger partial charge in [0.25, 0.3) is 12.9 Å². The fraction of sp³-hybridized carbons (Fsp3) is 0.750. The van der Waals surface area contributed by atoms with Crippen molar-refractivity contribution in [3.05, 3.63) is 0 Å². The zero-order valence-corrected chi connectivity index (χ0v) is 8.13. The van der Waals surface area contributed by atoms with Crippen molar-refractivity contribution in [1.82, 2.24) is 0 Å². The van der Waals surface area contributed by atoms with E-state index >= 15 is 0 Å². The van der Waals surface area contributed by atoms with Crippen molar-refractivity contribution in [2.45, 2.75) is 25.7 Å². The average Bonchev–Trinajstić information content (AvgIpc) is 2.20. The Kier molecular flexibility index (Phi) is 7.23. The maximum atomic E-state index is 11.6. The minimum Gasteiger partial charge on any atom is -0.460 e. The second-order valence-corrected chi connectivity index (χ2v) is 2.65. The maximum absolute atomic E-state index is 11.6. The molecule has 0 aromatic carbocycles. The van der Waals surface area contributed by atoms with Gasteiger partial charge in [-0.3, -0.25) is 9.59 Å². The summed E-state index contributed by atoms with van der Waals surface area (Å²) < 4.78 is 54.3. The highest BCUT2D eigenvalue weighted by Gasteiger charge is 2.13. The van der Waals surface area contributed by atoms with Gasteiger partial charge in [-0.1, -0.05) is 0 Å². The Balaban J connectivity index is 3.55. The molecule has 94 valence electrons. The normalized spacial score (nSPS) is 10.6. The van der Waals surface area contributed by atoms with Crippen LogP contribution in [0.15, 0.2) is 0 Å². The summed E-state index contributed by atoms with van der Waals surface area (Å²) in [7, 11) is 0. The summed E-state index contributed by atoms with van der Waals surface area (Å²) in [5, 5.41) is 0. The molecule has 0 radical (unpaired) electrons. The lowest BCUT2D eigenvalue weighted by molar-refractivity contribution is -0.154. The van der Waals surface area contributed by atoms with Gasteiger partial charge in [0.2, 0.25) is 0 Å². The highest BCUT2D eigenvalue weighted by Crippen LogP contribution is 2.00. The van der Waals surface area contributed by atoms with Crippen LogP contribution in [0.4, 0.5) is 17.6 Å². The lowest BCUT2D eigenvalue weighted by Crippen LogP contribution is -2.15. The number of ether oxygens (including phenoxy) is 2. The van der Waals surface area contributed by atoms with E-state index in [0.717, 1.165) is 0 Å². The van der Waals surface area contributed by atoms with Crippen molar-refractivity contribution < 1.29 is 36.6 Å². The summed E-state index contributed by atoms with van der Waals surface area (Å²) in [6.07, 6.45) is -6.52. The van der Waals surface area contributed by atoms with E-state index < -0.39 is 50.8 Å². The SMILES string of the molecule is O=C(CCC(=O)OCC(F)F)OCC(F)F. The fourth-order valence-electron chi connectivity index (χ4n) is 0.660. The Labute approximate surface area is 88.5 Å². The van der Waals surface area contributed by atoms with Crippen molar-refractivity contribution in [2.24, 2.45) is 0 Å². The highest BCUT2D eigenvalue weighted by molar-refractivity contribution is 5.77. The van der Waals surface area contributed by atoms with Crippen LogP contribution in [0.25, 0.3) is 0 Å². The molecular weight excluding hydrogens is 236 g/mol. The first-order valence-corrected chi connectivity index (χ1v) is 4.29. The van der Waals surface area contributed by atoms with Gasteiger partial charge in [0.05, 0.1) is 12.8 Å². The quantitative estimate of drug-likeness (QED) is 0.503. The second-order valence-electron chi connectivity index (χ2n) is 2.65. The summed E-state index contributed by atoms with van der Waals surface area (Å²) in [5.41, 5.74) is 0. The number of hydrogen-bond acceptors (Lipinski definition) is 4. The standard InChI is InChI=1S/C8H10F4O4/c9-5(10)3-15-7(13)1-2-8(14)16-4-6(11)12/h5-6H,1-4H2. The molecule has 0 saturated heterocycles. The smallest absolute Gasteiger partial charge is 0.306 e. The predicted molar refractivity (Wildman–Crippen MR) is 43.2 cm³/mol. The van der Waals surface area contributed by atoms with Crippen molar-refractivity contribution >= 4 is 11.9 Å². The topological polar surface area (TPSA) is 52.6 Å². The van der Waals surface area contributed by atoms with Crippen LogP contribution < -0.4 is 0 Å². The fourth-order valence-corrected chi connectivity index (χ4v) is 0.660. The third kappa shape index (κ3) is 9.22. The van der Waals surface area contributed by atoms with Crippen LogP contribution in [0.5, 0.6) is 0 Å². The summed E-state index contributed by atoms with van der Waals surface area (Å²) in [6.45, 7) is -2.10. The molecule has 0 saturated carbocycles. The second kappa shape index (κ2) is 7.89. The van der Waals surface area contributed by atoms with Gasteiger partial charge in [0, 0.05) is 0 Å². The van der Waals surface area contributed by atoms with Crippen LogP contribution in [0.2, 0.25) is 0 Å². The molecule has 4 nitrogen and oxygen atoms in total. The lowest BCUT2D eigenvalue weighted by Gasteiger charge is -2.04. The van der Waals surface area contributed by atoms with Gasteiger partial charge in [-0.2, -0.15) is 0 Å². The molecule has 0 aliphatic rings. The number of esters is 2. The summed E-state index contributed by atoms with van der Waals surface area (Å²) in [4.78, 5) is 21.4. The lowest BCUT2D eigenvalue weighted by atomic mass is 10.3. The zero-order valence-electron chi connectivity index (χ0n) is 8.13. The highest BCUT2D eigenvalue weighted by atomic mass is 19.3. The van der Waals surface area contributed by atoms with Crippen LogP contribution in [0, 0.1) is 0 Å². The van der Waals surface area contributed by atoms with Gasteiger partial charge >= 0.3 is 11.9 Å². The first kappa shape index (κ1) is 14.7. The number of carbonyl (C=O) groups excluding carboxylic acids is 2. The molecule has 0 atom stereocenters. The molecule has 16 heavy (non-hydrogen) atoms. The molecule has 0 aliphatic heterocycles. The average molecular weight is 246 g/mol. The van der Waals surface area contributed by atoms with Crippen molar-refractivity contribution in [3.63, 3.8) is 0 Å². The first-order chi connectivity index (χ1) is 7.41. The number of rotatable bonds is 7. The van der Waals surface area contributed by atoms with Crippen LogP contribution in [-0.4, -0.2) is 38.0 Å². The molecule has 8 heteroatoms. The van der Waals surface area contributed by atoms with E-state index in [9.17, 15) is 27.2 Å². The van der Waals surface area contributed by atoms with Gasteiger partial charge in [-0.15, -0.1) is 0 Å². The van der Waals surface area contributed by atoms with E-state index in [2.05, 4.69) is 9.47 Å². The Morgan fingerprint density at radius 1 is 0.812 bits per heavy atom. The van der Waals surface area contributed by atoms with E-state index in [-0.39, 0.29) is 0 Å². The van der Waals surface area contributed by atoms with Crippen molar-refractivity contribution in [3.8, 4) is 0 Å². The molecule has 0 aromatic rings. The van der Waals surface area contributed by atoms with Crippen LogP contribution in [0.3, 0.4) is 0 Å². The molecule has 0 unspecified atom stereocenters. The summed E-state index contributed by atoms with van der Waals surface area (Å²) in [6, 6.07) is 0. The van der Waals surface area contributed by atoms with Crippen LogP contribution in [-0.2, 0) is 19.1 Å². The predicted octanol–water partition coefficient (Wildman–Crippen LogP) is 1.38. The van der Waals surface area contributed by atoms with Crippen molar-refractivity contribution in [1.29, 1.82) is 0 Å². The van der Waals surface area contributed by atoms with Gasteiger partial charge in [0.15, 0.2) is 13.2 Å². The first-order valence-electron chi connectivity index (χ1n) is 4.29. The Hall–Kier alpha value is -1.34. The molecule has 0 bridgehead atoms.